The largest absolute Gasteiger partial charge is 0.492 e. The van der Waals surface area contributed by atoms with Crippen LogP contribution in [-0.2, 0) is 11.4 Å². The van der Waals surface area contributed by atoms with E-state index in [1.807, 2.05) is 36.4 Å². The van der Waals surface area contributed by atoms with E-state index in [2.05, 4.69) is 4.98 Å². The van der Waals surface area contributed by atoms with Gasteiger partial charge in [-0.25, -0.2) is 4.98 Å². The molecule has 6 nitrogen and oxygen atoms in total. The summed E-state index contributed by atoms with van der Waals surface area (Å²) in [6.07, 6.45) is 2.00. The van der Waals surface area contributed by atoms with Crippen molar-refractivity contribution in [3.8, 4) is 11.5 Å². The number of fused-ring (bicyclic) bond motifs is 2. The second kappa shape index (κ2) is 8.95. The van der Waals surface area contributed by atoms with Crippen LogP contribution in [0.1, 0.15) is 41.7 Å². The number of aliphatic carboxylic acids is 1. The van der Waals surface area contributed by atoms with Crippen molar-refractivity contribution in [2.24, 2.45) is 5.92 Å². The number of unbranched alkanes of at least 4 members (excludes halogenated alkanes) is 1. The zero-order valence-electron chi connectivity index (χ0n) is 16.5. The summed E-state index contributed by atoms with van der Waals surface area (Å²) in [6.45, 7) is 0.636. The number of carboxylic acids is 1. The second-order valence-corrected chi connectivity index (χ2v) is 7.45. The Labute approximate surface area is 174 Å². The molecule has 154 valence electrons. The van der Waals surface area contributed by atoms with E-state index in [-0.39, 0.29) is 18.1 Å². The third-order valence-corrected chi connectivity index (χ3v) is 5.26. The smallest absolute Gasteiger partial charge is 0.303 e. The van der Waals surface area contributed by atoms with Gasteiger partial charge in [0.1, 0.15) is 18.1 Å². The van der Waals surface area contributed by atoms with Crippen LogP contribution in [0.25, 0.3) is 10.9 Å². The number of carbonyl (C=O) groups excluding carboxylic acids is 1. The van der Waals surface area contributed by atoms with Gasteiger partial charge in [-0.1, -0.05) is 30.7 Å². The minimum absolute atomic E-state index is 0.0286. The quantitative estimate of drug-likeness (QED) is 0.549. The van der Waals surface area contributed by atoms with Gasteiger partial charge in [0.2, 0.25) is 0 Å². The van der Waals surface area contributed by atoms with Gasteiger partial charge in [-0.05, 0) is 43.2 Å². The number of rotatable bonds is 8. The first-order valence-corrected chi connectivity index (χ1v) is 10.1. The molecule has 0 bridgehead atoms. The first-order valence-electron chi connectivity index (χ1n) is 10.1. The summed E-state index contributed by atoms with van der Waals surface area (Å²) < 4.78 is 11.6. The van der Waals surface area contributed by atoms with Gasteiger partial charge in [0.05, 0.1) is 29.3 Å². The van der Waals surface area contributed by atoms with Crippen molar-refractivity contribution in [2.75, 3.05) is 6.61 Å². The van der Waals surface area contributed by atoms with Gasteiger partial charge < -0.3 is 14.6 Å². The average molecular weight is 405 g/mol. The monoisotopic (exact) mass is 405 g/mol. The van der Waals surface area contributed by atoms with Crippen LogP contribution in [0.4, 0.5) is 0 Å². The molecule has 1 unspecified atom stereocenters. The molecule has 3 aromatic rings. The average Bonchev–Trinajstić information content (AvgIpc) is 2.76. The Hall–Kier alpha value is -3.41. The lowest BCUT2D eigenvalue weighted by molar-refractivity contribution is -0.137. The number of nitrogens with zero attached hydrogens (tertiary/aromatic N) is 1. The topological polar surface area (TPSA) is 85.7 Å². The van der Waals surface area contributed by atoms with E-state index in [0.29, 0.717) is 49.5 Å². The lowest BCUT2D eigenvalue weighted by Crippen LogP contribution is -2.27. The lowest BCUT2D eigenvalue weighted by atomic mass is 9.90. The highest BCUT2D eigenvalue weighted by Gasteiger charge is 2.28. The molecule has 2 heterocycles. The molecule has 1 aliphatic rings. The van der Waals surface area contributed by atoms with Crippen LogP contribution in [0.2, 0.25) is 0 Å². The number of hydrogen-bond acceptors (Lipinski definition) is 5. The zero-order valence-corrected chi connectivity index (χ0v) is 16.5. The summed E-state index contributed by atoms with van der Waals surface area (Å²) >= 11 is 0. The molecular formula is C24H23NO5. The Morgan fingerprint density at radius 2 is 2.00 bits per heavy atom. The Morgan fingerprint density at radius 3 is 2.87 bits per heavy atom. The number of pyridine rings is 1. The van der Waals surface area contributed by atoms with E-state index in [1.165, 1.54) is 0 Å². The molecule has 1 aromatic heterocycles. The fourth-order valence-corrected chi connectivity index (χ4v) is 3.63. The Bertz CT molecular complexity index is 1080. The van der Waals surface area contributed by atoms with Crippen LogP contribution in [-0.4, -0.2) is 28.4 Å². The van der Waals surface area contributed by atoms with Gasteiger partial charge >= 0.3 is 5.97 Å². The zero-order chi connectivity index (χ0) is 20.9. The van der Waals surface area contributed by atoms with Crippen molar-refractivity contribution in [3.05, 3.63) is 65.9 Å². The molecule has 0 amide bonds. The number of hydrogen-bond donors (Lipinski definition) is 1. The van der Waals surface area contributed by atoms with Gasteiger partial charge in [-0.15, -0.1) is 0 Å². The van der Waals surface area contributed by atoms with Crippen LogP contribution in [0.15, 0.2) is 54.6 Å². The van der Waals surface area contributed by atoms with Gasteiger partial charge in [0, 0.05) is 11.8 Å². The third-order valence-electron chi connectivity index (χ3n) is 5.26. The van der Waals surface area contributed by atoms with Crippen LogP contribution in [0.3, 0.4) is 0 Å². The highest BCUT2D eigenvalue weighted by atomic mass is 16.5. The first kappa shape index (κ1) is 19.9. The highest BCUT2D eigenvalue weighted by molar-refractivity contribution is 6.01. The molecular weight excluding hydrogens is 382 g/mol. The van der Waals surface area contributed by atoms with Crippen LogP contribution < -0.4 is 9.47 Å². The van der Waals surface area contributed by atoms with E-state index in [4.69, 9.17) is 14.6 Å². The molecule has 2 aromatic carbocycles. The van der Waals surface area contributed by atoms with Crippen LogP contribution in [0.5, 0.6) is 11.5 Å². The van der Waals surface area contributed by atoms with E-state index in [1.54, 1.807) is 18.2 Å². The molecule has 0 saturated heterocycles. The molecule has 0 saturated carbocycles. The van der Waals surface area contributed by atoms with Crippen LogP contribution in [0, 0.1) is 5.92 Å². The SMILES string of the molecule is O=C(O)CCCCC1COc2ccc(OCc3ccc4ccccc4n3)cc2C1=O. The number of carboxylic acid groups (broad SMARTS) is 1. The predicted molar refractivity (Wildman–Crippen MR) is 112 cm³/mol. The highest BCUT2D eigenvalue weighted by Crippen LogP contribution is 2.32. The fraction of sp³-hybridized carbons (Fsp3) is 0.292. The Morgan fingerprint density at radius 1 is 1.13 bits per heavy atom. The molecule has 0 spiro atoms. The van der Waals surface area contributed by atoms with Crippen LogP contribution >= 0.6 is 0 Å². The van der Waals surface area contributed by atoms with Crippen molar-refractivity contribution >= 4 is 22.7 Å². The summed E-state index contributed by atoms with van der Waals surface area (Å²) in [7, 11) is 0. The lowest BCUT2D eigenvalue weighted by Gasteiger charge is -2.24. The number of ether oxygens (including phenoxy) is 2. The Kier molecular flexibility index (Phi) is 5.93. The summed E-state index contributed by atoms with van der Waals surface area (Å²) in [5.74, 6) is 0.129. The number of Topliss-reactive ketones (excluding diaryl/α,β-unsaturated/α-hetero) is 1. The van der Waals surface area contributed by atoms with E-state index >= 15 is 0 Å². The first-order chi connectivity index (χ1) is 14.6. The van der Waals surface area contributed by atoms with E-state index < -0.39 is 5.97 Å². The number of benzene rings is 2. The molecule has 1 aliphatic heterocycles. The van der Waals surface area contributed by atoms with Crippen molar-refractivity contribution in [1.29, 1.82) is 0 Å². The molecule has 1 atom stereocenters. The maximum Gasteiger partial charge on any atom is 0.303 e. The van der Waals surface area contributed by atoms with Crippen molar-refractivity contribution in [3.63, 3.8) is 0 Å². The summed E-state index contributed by atoms with van der Waals surface area (Å²) in [5, 5.41) is 9.81. The maximum atomic E-state index is 12.9. The number of ketones is 1. The molecule has 4 rings (SSSR count). The standard InChI is InChI=1S/C24H23NO5/c26-23(27)8-4-2-6-17-14-30-22-12-11-19(13-20(22)24(17)28)29-15-18-10-9-16-5-1-3-7-21(16)25-18/h1,3,5,7,9-13,17H,2,4,6,8,14-15H2,(H,26,27). The van der Waals surface area contributed by atoms with E-state index in [0.717, 1.165) is 16.6 Å². The minimum Gasteiger partial charge on any atom is -0.492 e. The third kappa shape index (κ3) is 4.59. The van der Waals surface area contributed by atoms with E-state index in [9.17, 15) is 9.59 Å². The molecule has 30 heavy (non-hydrogen) atoms. The van der Waals surface area contributed by atoms with Gasteiger partial charge in [-0.2, -0.15) is 0 Å². The second-order valence-electron chi connectivity index (χ2n) is 7.45. The number of para-hydroxylation sites is 1. The Balaban J connectivity index is 1.40. The van der Waals surface area contributed by atoms with Gasteiger partial charge in [-0.3, -0.25) is 9.59 Å². The van der Waals surface area contributed by atoms with Crippen molar-refractivity contribution in [2.45, 2.75) is 32.3 Å². The predicted octanol–water partition coefficient (Wildman–Crippen LogP) is 4.65. The van der Waals surface area contributed by atoms with Crippen molar-refractivity contribution < 1.29 is 24.2 Å². The normalized spacial score (nSPS) is 15.5. The summed E-state index contributed by atoms with van der Waals surface area (Å²) in [6, 6.07) is 17.1. The molecule has 6 heteroatoms. The molecule has 0 fully saturated rings. The molecule has 1 N–H and O–H groups in total. The fourth-order valence-electron chi connectivity index (χ4n) is 3.63. The summed E-state index contributed by atoms with van der Waals surface area (Å²) in [5.41, 5.74) is 2.25. The number of carbonyl (C=O) groups is 2. The number of aromatic nitrogens is 1. The summed E-state index contributed by atoms with van der Waals surface area (Å²) in [4.78, 5) is 28.1. The minimum atomic E-state index is -0.811. The van der Waals surface area contributed by atoms with Gasteiger partial charge in [0.15, 0.2) is 5.78 Å². The van der Waals surface area contributed by atoms with Crippen molar-refractivity contribution in [1.82, 2.24) is 4.98 Å². The molecule has 0 aliphatic carbocycles. The molecule has 0 radical (unpaired) electrons. The maximum absolute atomic E-state index is 12.9. The van der Waals surface area contributed by atoms with Gasteiger partial charge in [0.25, 0.3) is 0 Å².